The van der Waals surface area contributed by atoms with E-state index in [2.05, 4.69) is 12.6 Å². The van der Waals surface area contributed by atoms with Crippen molar-refractivity contribution in [3.8, 4) is 0 Å². The zero-order chi connectivity index (χ0) is 4.41. The highest BCUT2D eigenvalue weighted by Gasteiger charge is 2.00. The van der Waals surface area contributed by atoms with Gasteiger partial charge in [-0.25, -0.2) is 0 Å². The highest BCUT2D eigenvalue weighted by atomic mass is 28.2. The third kappa shape index (κ3) is 0.775. The maximum Gasteiger partial charge on any atom is -0.0116 e. The molecule has 0 N–H and O–H groups in total. The van der Waals surface area contributed by atoms with Gasteiger partial charge in [-0.1, -0.05) is 6.92 Å². The molecule has 1 aliphatic heterocycles. The lowest BCUT2D eigenvalue weighted by Crippen LogP contribution is -1.81. The van der Waals surface area contributed by atoms with Gasteiger partial charge in [0.2, 0.25) is 0 Å². The lowest BCUT2D eigenvalue weighted by Gasteiger charge is -1.92. The zero-order valence-electron chi connectivity index (χ0n) is 4.15. The first-order valence-corrected chi connectivity index (χ1v) is 4.03. The van der Waals surface area contributed by atoms with Gasteiger partial charge in [0.25, 0.3) is 0 Å². The van der Waals surface area contributed by atoms with Crippen LogP contribution in [0.15, 0.2) is 0 Å². The maximum absolute atomic E-state index is 2.46. The van der Waals surface area contributed by atoms with Crippen LogP contribution in [-0.4, -0.2) is 14.8 Å². The first kappa shape index (κ1) is 4.25. The van der Waals surface area contributed by atoms with E-state index in [0.717, 1.165) is 15.0 Å². The number of hydrogen-bond acceptors (Lipinski definition) is 0. The van der Waals surface area contributed by atoms with Crippen LogP contribution in [0.5, 0.6) is 0 Å². The molecule has 0 amide bonds. The van der Waals surface area contributed by atoms with E-state index < -0.39 is 0 Å². The zero-order valence-corrected chi connectivity index (χ0v) is 5.30. The molecular formula is C5H10Si. The van der Waals surface area contributed by atoms with Crippen molar-refractivity contribution < 1.29 is 0 Å². The normalized spacial score (nSPS) is 31.8. The summed E-state index contributed by atoms with van der Waals surface area (Å²) in [7, 11) is 0.767. The molecule has 1 rings (SSSR count). The van der Waals surface area contributed by atoms with Gasteiger partial charge in [-0.3, -0.25) is 0 Å². The molecule has 0 fully saturated rings. The van der Waals surface area contributed by atoms with Gasteiger partial charge < -0.3 is 0 Å². The SMILES string of the molecule is CC1CC=[SiH]C1. The van der Waals surface area contributed by atoms with E-state index in [9.17, 15) is 0 Å². The third-order valence-electron chi connectivity index (χ3n) is 1.24. The Hall–Kier alpha value is 0.0869. The molecule has 0 saturated carbocycles. The van der Waals surface area contributed by atoms with E-state index in [1.807, 2.05) is 0 Å². The first-order chi connectivity index (χ1) is 2.89. The van der Waals surface area contributed by atoms with Crippen molar-refractivity contribution in [3.05, 3.63) is 0 Å². The Bertz CT molecular complexity index is 58.3. The van der Waals surface area contributed by atoms with Gasteiger partial charge in [0.1, 0.15) is 0 Å². The summed E-state index contributed by atoms with van der Waals surface area (Å²) in [6.45, 7) is 2.33. The smallest absolute Gasteiger partial charge is 0.0116 e. The van der Waals surface area contributed by atoms with Crippen LogP contribution in [0.25, 0.3) is 0 Å². The molecule has 0 aromatic rings. The molecule has 0 aromatic carbocycles. The van der Waals surface area contributed by atoms with Crippen LogP contribution in [-0.2, 0) is 0 Å². The van der Waals surface area contributed by atoms with Crippen molar-refractivity contribution in [1.82, 2.24) is 0 Å². The van der Waals surface area contributed by atoms with Crippen LogP contribution in [0.3, 0.4) is 0 Å². The van der Waals surface area contributed by atoms with Crippen molar-refractivity contribution in [3.63, 3.8) is 0 Å². The Morgan fingerprint density at radius 1 is 1.83 bits per heavy atom. The summed E-state index contributed by atoms with van der Waals surface area (Å²) in [5.41, 5.74) is 2.46. The Balaban J connectivity index is 2.32. The van der Waals surface area contributed by atoms with Crippen LogP contribution < -0.4 is 0 Å². The number of rotatable bonds is 0. The monoisotopic (exact) mass is 98.1 g/mol. The Kier molecular flexibility index (Phi) is 1.20. The van der Waals surface area contributed by atoms with E-state index in [1.54, 1.807) is 0 Å². The quantitative estimate of drug-likeness (QED) is 0.391. The molecule has 0 spiro atoms. The van der Waals surface area contributed by atoms with Crippen LogP contribution >= 0.6 is 0 Å². The lowest BCUT2D eigenvalue weighted by atomic mass is 10.2. The topological polar surface area (TPSA) is 0 Å². The fourth-order valence-corrected chi connectivity index (χ4v) is 2.26. The first-order valence-electron chi connectivity index (χ1n) is 2.54. The van der Waals surface area contributed by atoms with Crippen LogP contribution in [0, 0.1) is 5.92 Å². The summed E-state index contributed by atoms with van der Waals surface area (Å²) < 4.78 is 0. The molecule has 0 radical (unpaired) electrons. The summed E-state index contributed by atoms with van der Waals surface area (Å²) in [5, 5.41) is 0. The lowest BCUT2D eigenvalue weighted by molar-refractivity contribution is 0.703. The second-order valence-electron chi connectivity index (χ2n) is 2.05. The van der Waals surface area contributed by atoms with E-state index in [4.69, 9.17) is 0 Å². The molecule has 0 aromatic heterocycles. The molecule has 1 heterocycles. The average molecular weight is 98.2 g/mol. The minimum absolute atomic E-state index is 0.767. The summed E-state index contributed by atoms with van der Waals surface area (Å²) in [6, 6.07) is 1.51. The minimum atomic E-state index is 0.767. The van der Waals surface area contributed by atoms with Crippen molar-refractivity contribution >= 4 is 14.8 Å². The predicted molar refractivity (Wildman–Crippen MR) is 31.8 cm³/mol. The van der Waals surface area contributed by atoms with E-state index >= 15 is 0 Å². The second-order valence-corrected chi connectivity index (χ2v) is 3.46. The highest BCUT2D eigenvalue weighted by Crippen LogP contribution is 2.07. The fraction of sp³-hybridized carbons (Fsp3) is 0.800. The van der Waals surface area contributed by atoms with E-state index in [1.165, 1.54) is 12.5 Å². The van der Waals surface area contributed by atoms with Crippen LogP contribution in [0.1, 0.15) is 13.3 Å². The standard InChI is InChI=1S/C5H10Si/c1-5-2-3-6-4-5/h3,5-6H,2,4H2,1H3. The molecule has 0 saturated heterocycles. The van der Waals surface area contributed by atoms with E-state index in [-0.39, 0.29) is 0 Å². The van der Waals surface area contributed by atoms with Crippen molar-refractivity contribution in [2.75, 3.05) is 0 Å². The van der Waals surface area contributed by atoms with Gasteiger partial charge in [-0.15, -0.1) is 5.67 Å². The second kappa shape index (κ2) is 1.69. The maximum atomic E-state index is 2.46. The van der Waals surface area contributed by atoms with Crippen molar-refractivity contribution in [2.24, 2.45) is 5.92 Å². The third-order valence-corrected chi connectivity index (χ3v) is 2.93. The minimum Gasteiger partial charge on any atom is -0.106 e. The molecule has 34 valence electrons. The predicted octanol–water partition coefficient (Wildman–Crippen LogP) is 0.683. The summed E-state index contributed by atoms with van der Waals surface area (Å²) in [5.74, 6) is 1.03. The summed E-state index contributed by atoms with van der Waals surface area (Å²) in [4.78, 5) is 0. The van der Waals surface area contributed by atoms with Gasteiger partial charge in [0.15, 0.2) is 0 Å². The fourth-order valence-electron chi connectivity index (χ4n) is 0.753. The largest absolute Gasteiger partial charge is 0.106 e. The summed E-state index contributed by atoms with van der Waals surface area (Å²) >= 11 is 0. The molecule has 1 aliphatic rings. The van der Waals surface area contributed by atoms with E-state index in [0.29, 0.717) is 0 Å². The molecule has 1 heteroatoms. The molecule has 1 unspecified atom stereocenters. The highest BCUT2D eigenvalue weighted by molar-refractivity contribution is 6.48. The Labute approximate surface area is 41.0 Å². The Morgan fingerprint density at radius 2 is 2.67 bits per heavy atom. The van der Waals surface area contributed by atoms with Crippen LogP contribution in [0.2, 0.25) is 6.04 Å². The van der Waals surface area contributed by atoms with Crippen LogP contribution in [0.4, 0.5) is 0 Å². The van der Waals surface area contributed by atoms with Crippen molar-refractivity contribution in [1.29, 1.82) is 0 Å². The molecule has 0 bridgehead atoms. The van der Waals surface area contributed by atoms with Crippen molar-refractivity contribution in [2.45, 2.75) is 19.4 Å². The number of hydrogen-bond donors (Lipinski definition) is 0. The van der Waals surface area contributed by atoms with Gasteiger partial charge >= 0.3 is 0 Å². The molecule has 0 nitrogen and oxygen atoms in total. The Morgan fingerprint density at radius 3 is 2.83 bits per heavy atom. The summed E-state index contributed by atoms with van der Waals surface area (Å²) in [6.07, 6.45) is 1.40. The van der Waals surface area contributed by atoms with Gasteiger partial charge in [0, 0.05) is 0 Å². The molecule has 6 heavy (non-hydrogen) atoms. The van der Waals surface area contributed by atoms with Gasteiger partial charge in [0.05, 0.1) is 0 Å². The average Bonchev–Trinajstić information content (AvgIpc) is 1.86. The van der Waals surface area contributed by atoms with Gasteiger partial charge in [-0.05, 0) is 27.5 Å². The molecule has 0 aliphatic carbocycles. The van der Waals surface area contributed by atoms with Gasteiger partial charge in [-0.2, -0.15) is 0 Å². The molecule has 1 atom stereocenters. The molecular weight excluding hydrogens is 88.1 g/mol.